The average Bonchev–Trinajstić information content (AvgIpc) is 2.70. The van der Waals surface area contributed by atoms with Crippen LogP contribution in [0.4, 0.5) is 11.5 Å². The first-order chi connectivity index (χ1) is 13.4. The number of nitrogens with one attached hydrogen (secondary N) is 2. The number of sulfonamides is 1. The molecule has 1 aromatic carbocycles. The van der Waals surface area contributed by atoms with Gasteiger partial charge >= 0.3 is 0 Å². The first kappa shape index (κ1) is 20.2. The molecule has 1 saturated heterocycles. The van der Waals surface area contributed by atoms with Crippen LogP contribution in [0.3, 0.4) is 0 Å². The highest BCUT2D eigenvalue weighted by Gasteiger charge is 2.16. The van der Waals surface area contributed by atoms with E-state index in [0.29, 0.717) is 5.69 Å². The van der Waals surface area contributed by atoms with Crippen molar-refractivity contribution in [2.45, 2.75) is 11.3 Å². The van der Waals surface area contributed by atoms with Crippen LogP contribution in [0.1, 0.15) is 6.42 Å². The number of nitrogens with zero attached hydrogens (tertiary/aromatic N) is 3. The molecular formula is C19H25N5O3S. The van der Waals surface area contributed by atoms with Crippen molar-refractivity contribution >= 4 is 27.4 Å². The van der Waals surface area contributed by atoms with E-state index in [0.717, 1.165) is 32.0 Å². The van der Waals surface area contributed by atoms with Crippen molar-refractivity contribution in [1.82, 2.24) is 14.6 Å². The number of hydrogen-bond donors (Lipinski definition) is 2. The molecule has 0 aliphatic carbocycles. The molecule has 1 fully saturated rings. The number of rotatable bonds is 7. The van der Waals surface area contributed by atoms with Gasteiger partial charge in [-0.2, -0.15) is 0 Å². The summed E-state index contributed by atoms with van der Waals surface area (Å²) in [6.45, 7) is 3.88. The van der Waals surface area contributed by atoms with E-state index in [4.69, 9.17) is 0 Å². The molecule has 1 aromatic heterocycles. The van der Waals surface area contributed by atoms with Gasteiger partial charge in [0.25, 0.3) is 0 Å². The summed E-state index contributed by atoms with van der Waals surface area (Å²) >= 11 is 0. The summed E-state index contributed by atoms with van der Waals surface area (Å²) in [5.41, 5.74) is 0.591. The van der Waals surface area contributed by atoms with Crippen LogP contribution in [-0.4, -0.2) is 64.0 Å². The minimum atomic E-state index is -3.60. The van der Waals surface area contributed by atoms with E-state index in [-0.39, 0.29) is 23.8 Å². The van der Waals surface area contributed by atoms with E-state index < -0.39 is 10.0 Å². The largest absolute Gasteiger partial charge is 0.354 e. The van der Waals surface area contributed by atoms with E-state index in [1.807, 2.05) is 12.1 Å². The average molecular weight is 404 g/mol. The van der Waals surface area contributed by atoms with Crippen molar-refractivity contribution in [3.05, 3.63) is 48.7 Å². The molecule has 0 atom stereocenters. The minimum absolute atomic E-state index is 0.0237. The van der Waals surface area contributed by atoms with E-state index in [9.17, 15) is 13.2 Å². The predicted octanol–water partition coefficient (Wildman–Crippen LogP) is 1.14. The molecule has 0 radical (unpaired) electrons. The second-order valence-electron chi connectivity index (χ2n) is 6.70. The van der Waals surface area contributed by atoms with Gasteiger partial charge in [0.05, 0.1) is 16.8 Å². The van der Waals surface area contributed by atoms with Crippen molar-refractivity contribution in [3.63, 3.8) is 0 Å². The molecular weight excluding hydrogens is 378 g/mol. The molecule has 9 heteroatoms. The van der Waals surface area contributed by atoms with E-state index in [1.165, 1.54) is 12.1 Å². The Morgan fingerprint density at radius 3 is 2.43 bits per heavy atom. The van der Waals surface area contributed by atoms with E-state index in [1.54, 1.807) is 24.4 Å². The second kappa shape index (κ2) is 9.13. The van der Waals surface area contributed by atoms with Crippen molar-refractivity contribution in [3.8, 4) is 0 Å². The second-order valence-corrected chi connectivity index (χ2v) is 8.47. The number of carbonyl (C=O) groups excluding carboxylic acids is 1. The Balaban J connectivity index is 1.46. The fraction of sp³-hybridized carbons (Fsp3) is 0.368. The Bertz CT molecular complexity index is 880. The van der Waals surface area contributed by atoms with Crippen molar-refractivity contribution in [1.29, 1.82) is 0 Å². The minimum Gasteiger partial charge on any atom is -0.354 e. The summed E-state index contributed by atoms with van der Waals surface area (Å²) in [5, 5.41) is 2.74. The molecule has 0 saturated carbocycles. The zero-order chi connectivity index (χ0) is 20.0. The van der Waals surface area contributed by atoms with Crippen molar-refractivity contribution in [2.75, 3.05) is 50.0 Å². The first-order valence-corrected chi connectivity index (χ1v) is 10.7. The lowest BCUT2D eigenvalue weighted by Crippen LogP contribution is -2.44. The molecule has 8 nitrogen and oxygen atoms in total. The van der Waals surface area contributed by atoms with Crippen LogP contribution in [0.5, 0.6) is 0 Å². The quantitative estimate of drug-likeness (QED) is 0.720. The number of piperazine rings is 1. The van der Waals surface area contributed by atoms with E-state index in [2.05, 4.69) is 31.9 Å². The molecule has 2 heterocycles. The third-order valence-corrected chi connectivity index (χ3v) is 6.03. The van der Waals surface area contributed by atoms with Gasteiger partial charge in [-0.25, -0.2) is 18.1 Å². The molecule has 2 aromatic rings. The Labute approximate surface area is 165 Å². The van der Waals surface area contributed by atoms with E-state index >= 15 is 0 Å². The molecule has 150 valence electrons. The normalized spacial score (nSPS) is 15.4. The van der Waals surface area contributed by atoms with Gasteiger partial charge in [0.15, 0.2) is 0 Å². The van der Waals surface area contributed by atoms with Gasteiger partial charge in [0.2, 0.25) is 15.9 Å². The molecule has 28 heavy (non-hydrogen) atoms. The summed E-state index contributed by atoms with van der Waals surface area (Å²) in [4.78, 5) is 21.2. The zero-order valence-electron chi connectivity index (χ0n) is 15.8. The van der Waals surface area contributed by atoms with Gasteiger partial charge in [0, 0.05) is 39.1 Å². The Hall–Kier alpha value is -2.49. The Kier molecular flexibility index (Phi) is 6.61. The third-order valence-electron chi connectivity index (χ3n) is 4.56. The smallest absolute Gasteiger partial charge is 0.240 e. The molecule has 1 amide bonds. The maximum Gasteiger partial charge on any atom is 0.240 e. The molecule has 1 aliphatic rings. The molecule has 2 N–H and O–H groups in total. The number of anilines is 2. The van der Waals surface area contributed by atoms with Gasteiger partial charge in [-0.3, -0.25) is 4.79 Å². The Morgan fingerprint density at radius 2 is 1.79 bits per heavy atom. The summed E-state index contributed by atoms with van der Waals surface area (Å²) in [7, 11) is -1.50. The van der Waals surface area contributed by atoms with Crippen LogP contribution in [-0.2, 0) is 14.8 Å². The standard InChI is InChI=1S/C19H25N5O3S/c1-23-11-13-24(14-12-23)18-8-7-16(15-20-18)22-19(25)9-10-21-28(26,27)17-5-3-2-4-6-17/h2-8,15,21H,9-14H2,1H3,(H,22,25). The van der Waals surface area contributed by atoms with Crippen LogP contribution < -0.4 is 14.9 Å². The molecule has 0 bridgehead atoms. The molecule has 0 unspecified atom stereocenters. The van der Waals surface area contributed by atoms with Crippen LogP contribution in [0, 0.1) is 0 Å². The lowest BCUT2D eigenvalue weighted by atomic mass is 10.3. The lowest BCUT2D eigenvalue weighted by molar-refractivity contribution is -0.116. The van der Waals surface area contributed by atoms with Gasteiger partial charge in [-0.15, -0.1) is 0 Å². The highest BCUT2D eigenvalue weighted by Crippen LogP contribution is 2.16. The monoisotopic (exact) mass is 403 g/mol. The number of benzene rings is 1. The number of likely N-dealkylation sites (N-methyl/N-ethyl adjacent to an activating group) is 1. The number of pyridine rings is 1. The SMILES string of the molecule is CN1CCN(c2ccc(NC(=O)CCNS(=O)(=O)c3ccccc3)cn2)CC1. The number of carbonyl (C=O) groups is 1. The first-order valence-electron chi connectivity index (χ1n) is 9.18. The highest BCUT2D eigenvalue weighted by atomic mass is 32.2. The summed E-state index contributed by atoms with van der Waals surface area (Å²) in [6.07, 6.45) is 1.66. The lowest BCUT2D eigenvalue weighted by Gasteiger charge is -2.33. The number of aromatic nitrogens is 1. The van der Waals surface area contributed by atoms with Gasteiger partial charge in [-0.1, -0.05) is 18.2 Å². The van der Waals surface area contributed by atoms with Crippen LogP contribution in [0.25, 0.3) is 0 Å². The molecule has 1 aliphatic heterocycles. The molecule has 3 rings (SSSR count). The van der Waals surface area contributed by atoms with Gasteiger partial charge < -0.3 is 15.1 Å². The maximum atomic E-state index is 12.1. The summed E-state index contributed by atoms with van der Waals surface area (Å²) in [6, 6.07) is 11.8. The maximum absolute atomic E-state index is 12.1. The van der Waals surface area contributed by atoms with Crippen molar-refractivity contribution in [2.24, 2.45) is 0 Å². The summed E-state index contributed by atoms with van der Waals surface area (Å²) < 4.78 is 26.7. The summed E-state index contributed by atoms with van der Waals surface area (Å²) in [5.74, 6) is 0.617. The van der Waals surface area contributed by atoms with Crippen LogP contribution in [0.15, 0.2) is 53.6 Å². The third kappa shape index (κ3) is 5.51. The zero-order valence-corrected chi connectivity index (χ0v) is 16.7. The fourth-order valence-corrected chi connectivity index (χ4v) is 3.94. The Morgan fingerprint density at radius 1 is 1.07 bits per heavy atom. The number of hydrogen-bond acceptors (Lipinski definition) is 6. The highest BCUT2D eigenvalue weighted by molar-refractivity contribution is 7.89. The van der Waals surface area contributed by atoms with Crippen LogP contribution >= 0.6 is 0 Å². The number of amides is 1. The fourth-order valence-electron chi connectivity index (χ4n) is 2.89. The topological polar surface area (TPSA) is 94.6 Å². The molecule has 0 spiro atoms. The van der Waals surface area contributed by atoms with Crippen LogP contribution in [0.2, 0.25) is 0 Å². The van der Waals surface area contributed by atoms with Gasteiger partial charge in [0.1, 0.15) is 5.82 Å². The van der Waals surface area contributed by atoms with Crippen molar-refractivity contribution < 1.29 is 13.2 Å². The van der Waals surface area contributed by atoms with Gasteiger partial charge in [-0.05, 0) is 31.3 Å². The predicted molar refractivity (Wildman–Crippen MR) is 109 cm³/mol.